The third kappa shape index (κ3) is 5.42. The Balaban J connectivity index is 0.782. The van der Waals surface area contributed by atoms with E-state index in [0.29, 0.717) is 5.92 Å². The van der Waals surface area contributed by atoms with Gasteiger partial charge >= 0.3 is 0 Å². The summed E-state index contributed by atoms with van der Waals surface area (Å²) in [6, 6.07) is 85.8. The zero-order valence-electron chi connectivity index (χ0n) is 40.3. The predicted molar refractivity (Wildman–Crippen MR) is 299 cm³/mol. The Kier molecular flexibility index (Phi) is 8.38. The van der Waals surface area contributed by atoms with Crippen LogP contribution in [0.4, 0.5) is 0 Å². The Hall–Kier alpha value is -8.98. The predicted octanol–water partition coefficient (Wildman–Crippen LogP) is 17.3. The van der Waals surface area contributed by atoms with Crippen LogP contribution in [0.3, 0.4) is 0 Å². The minimum atomic E-state index is -0.385. The highest BCUT2D eigenvalue weighted by atomic mass is 14.8. The molecule has 2 unspecified atom stereocenters. The van der Waals surface area contributed by atoms with Crippen molar-refractivity contribution in [1.82, 2.24) is 9.97 Å². The Morgan fingerprint density at radius 3 is 1.14 bits per heavy atom. The molecule has 0 fully saturated rings. The summed E-state index contributed by atoms with van der Waals surface area (Å²) in [6.07, 6.45) is 5.83. The molecule has 73 heavy (non-hydrogen) atoms. The molecule has 0 amide bonds. The number of fused-ring (bicyclic) bond motifs is 20. The first-order valence-corrected chi connectivity index (χ1v) is 25.8. The molecule has 2 atom stereocenters. The van der Waals surface area contributed by atoms with Crippen LogP contribution in [-0.2, 0) is 10.8 Å². The molecule has 0 saturated carbocycles. The van der Waals surface area contributed by atoms with Gasteiger partial charge in [-0.2, -0.15) is 0 Å². The van der Waals surface area contributed by atoms with Gasteiger partial charge in [-0.1, -0.05) is 225 Å². The fourth-order valence-electron chi connectivity index (χ4n) is 14.1. The van der Waals surface area contributed by atoms with Gasteiger partial charge < -0.3 is 0 Å². The molecule has 2 spiro atoms. The second-order valence-corrected chi connectivity index (χ2v) is 20.7. The molecule has 5 aliphatic carbocycles. The number of rotatable bonds is 4. The minimum absolute atomic E-state index is 0.319. The maximum atomic E-state index is 5.35. The average Bonchev–Trinajstić information content (AvgIpc) is 4.14. The van der Waals surface area contributed by atoms with Gasteiger partial charge in [0.05, 0.1) is 33.3 Å². The topological polar surface area (TPSA) is 25.8 Å². The second-order valence-electron chi connectivity index (χ2n) is 20.7. The Bertz CT molecular complexity index is 4180. The van der Waals surface area contributed by atoms with Gasteiger partial charge in [0.2, 0.25) is 0 Å². The first-order chi connectivity index (χ1) is 36.1. The first kappa shape index (κ1) is 40.7. The van der Waals surface area contributed by atoms with Gasteiger partial charge in [-0.15, -0.1) is 0 Å². The van der Waals surface area contributed by atoms with E-state index in [1.807, 2.05) is 12.1 Å². The summed E-state index contributed by atoms with van der Waals surface area (Å²) in [7, 11) is 0. The molecular weight excluding hydrogens is 881 g/mol. The summed E-state index contributed by atoms with van der Waals surface area (Å²) in [5.74, 6) is 0.476. The van der Waals surface area contributed by atoms with Crippen molar-refractivity contribution in [2.24, 2.45) is 5.92 Å². The SMILES string of the molecule is CC1C=CC2=C(C1)C1(c3ccccc32)c2ccccc2-c2ccc(-c3ccc(-c4nc5ccccc5nc4-c4ccc(-c5ccc6c(c5)C5(c7ccccc7-c7ccccc75)c5ccccc5-6)cc4)cc3)cc21. The van der Waals surface area contributed by atoms with Crippen molar-refractivity contribution in [1.29, 1.82) is 0 Å². The molecule has 2 nitrogen and oxygen atoms in total. The lowest BCUT2D eigenvalue weighted by Crippen LogP contribution is -2.28. The van der Waals surface area contributed by atoms with Crippen LogP contribution in [0.1, 0.15) is 57.9 Å². The normalized spacial score (nSPS) is 17.5. The fraction of sp³-hybridized carbons (Fsp3) is 0.0704. The van der Waals surface area contributed by atoms with E-state index >= 15 is 0 Å². The molecule has 0 aliphatic heterocycles. The summed E-state index contributed by atoms with van der Waals surface area (Å²) >= 11 is 0. The minimum Gasteiger partial charge on any atom is -0.244 e. The van der Waals surface area contributed by atoms with Crippen molar-refractivity contribution in [2.75, 3.05) is 0 Å². The van der Waals surface area contributed by atoms with E-state index in [9.17, 15) is 0 Å². The standard InChI is InChI=1S/C71H46N2/c1-43-26-37-55-52-16-5-10-22-61(52)71(63(55)40-43)62-23-11-6-18-54(62)57-39-36-49(42-65(57)71)45-29-33-47(34-30-45)69-68(72-66-24-12-13-25-67(66)73-69)46-31-27-44(28-32-46)48-35-38-56-53-17-4-9-21-60(53)70(64(56)41-48)58-19-7-2-14-50(58)51-15-3-8-20-59(51)70/h2-39,41-43H,40H2,1H3. The summed E-state index contributed by atoms with van der Waals surface area (Å²) < 4.78 is 0. The van der Waals surface area contributed by atoms with Crippen LogP contribution in [0.25, 0.3) is 94.8 Å². The van der Waals surface area contributed by atoms with Crippen LogP contribution in [0.5, 0.6) is 0 Å². The van der Waals surface area contributed by atoms with Crippen molar-refractivity contribution in [3.8, 4) is 78.1 Å². The molecule has 0 saturated heterocycles. The zero-order chi connectivity index (χ0) is 48.0. The van der Waals surface area contributed by atoms with Crippen molar-refractivity contribution >= 4 is 16.6 Å². The molecule has 0 radical (unpaired) electrons. The molecule has 0 bridgehead atoms. The van der Waals surface area contributed by atoms with Gasteiger partial charge in [0.25, 0.3) is 0 Å². The highest BCUT2D eigenvalue weighted by molar-refractivity contribution is 5.99. The maximum absolute atomic E-state index is 5.35. The Labute approximate surface area is 425 Å². The van der Waals surface area contributed by atoms with Gasteiger partial charge in [-0.25, -0.2) is 9.97 Å². The molecule has 16 rings (SSSR count). The summed E-state index contributed by atoms with van der Waals surface area (Å²) in [5, 5.41) is 0. The van der Waals surface area contributed by atoms with E-state index < -0.39 is 0 Å². The van der Waals surface area contributed by atoms with Gasteiger partial charge in [0.1, 0.15) is 0 Å². The monoisotopic (exact) mass is 926 g/mol. The molecule has 2 heteroatoms. The van der Waals surface area contributed by atoms with E-state index in [4.69, 9.17) is 9.97 Å². The summed E-state index contributed by atoms with van der Waals surface area (Å²) in [4.78, 5) is 10.7. The van der Waals surface area contributed by atoms with Crippen molar-refractivity contribution < 1.29 is 0 Å². The molecule has 5 aliphatic rings. The molecule has 10 aromatic carbocycles. The highest BCUT2D eigenvalue weighted by Crippen LogP contribution is 2.65. The van der Waals surface area contributed by atoms with E-state index in [0.717, 1.165) is 40.0 Å². The van der Waals surface area contributed by atoms with Crippen LogP contribution in [0, 0.1) is 5.92 Å². The molecule has 11 aromatic rings. The number of hydrogen-bond donors (Lipinski definition) is 0. The number of benzene rings is 10. The van der Waals surface area contributed by atoms with Gasteiger partial charge in [-0.05, 0) is 148 Å². The van der Waals surface area contributed by atoms with Crippen LogP contribution in [0.2, 0.25) is 0 Å². The second kappa shape index (κ2) is 15.0. The van der Waals surface area contributed by atoms with Crippen LogP contribution in [-0.4, -0.2) is 9.97 Å². The van der Waals surface area contributed by atoms with E-state index in [1.165, 1.54) is 111 Å². The quantitative estimate of drug-likeness (QED) is 0.176. The third-order valence-corrected chi connectivity index (χ3v) is 17.1. The van der Waals surface area contributed by atoms with E-state index in [1.54, 1.807) is 0 Å². The Morgan fingerprint density at radius 2 is 0.671 bits per heavy atom. The highest BCUT2D eigenvalue weighted by Gasteiger charge is 2.54. The number of para-hydroxylation sites is 2. The van der Waals surface area contributed by atoms with Gasteiger partial charge in [0.15, 0.2) is 0 Å². The summed E-state index contributed by atoms with van der Waals surface area (Å²) in [6.45, 7) is 2.36. The molecule has 1 aromatic heterocycles. The lowest BCUT2D eigenvalue weighted by Gasteiger charge is -2.34. The Morgan fingerprint density at radius 1 is 0.329 bits per heavy atom. The maximum Gasteiger partial charge on any atom is 0.0973 e. The fourth-order valence-corrected chi connectivity index (χ4v) is 14.1. The summed E-state index contributed by atoms with van der Waals surface area (Å²) in [5.41, 5.74) is 31.5. The average molecular weight is 927 g/mol. The number of aromatic nitrogens is 2. The van der Waals surface area contributed by atoms with Crippen molar-refractivity contribution in [3.05, 3.63) is 293 Å². The number of allylic oxidation sites excluding steroid dienone is 4. The number of nitrogens with zero attached hydrogens (tertiary/aromatic N) is 2. The largest absolute Gasteiger partial charge is 0.244 e. The van der Waals surface area contributed by atoms with E-state index in [-0.39, 0.29) is 10.8 Å². The lowest BCUT2D eigenvalue weighted by molar-refractivity contribution is 0.630. The van der Waals surface area contributed by atoms with Crippen LogP contribution in [0.15, 0.2) is 248 Å². The molecule has 340 valence electrons. The number of hydrogen-bond acceptors (Lipinski definition) is 2. The van der Waals surface area contributed by atoms with E-state index in [2.05, 4.69) is 237 Å². The lowest BCUT2D eigenvalue weighted by atomic mass is 9.67. The molecule has 0 N–H and O–H groups in total. The van der Waals surface area contributed by atoms with Crippen LogP contribution >= 0.6 is 0 Å². The first-order valence-electron chi connectivity index (χ1n) is 25.8. The van der Waals surface area contributed by atoms with Crippen LogP contribution < -0.4 is 0 Å². The smallest absolute Gasteiger partial charge is 0.0973 e. The van der Waals surface area contributed by atoms with Crippen molar-refractivity contribution in [3.63, 3.8) is 0 Å². The van der Waals surface area contributed by atoms with Gasteiger partial charge in [-0.3, -0.25) is 0 Å². The third-order valence-electron chi connectivity index (χ3n) is 17.1. The van der Waals surface area contributed by atoms with Crippen molar-refractivity contribution in [2.45, 2.75) is 24.2 Å². The molecule has 1 heterocycles. The zero-order valence-corrected chi connectivity index (χ0v) is 40.3. The van der Waals surface area contributed by atoms with Gasteiger partial charge in [0, 0.05) is 11.1 Å². The molecular formula is C71H46N2.